The van der Waals surface area contributed by atoms with Crippen molar-refractivity contribution < 1.29 is 4.79 Å². The highest BCUT2D eigenvalue weighted by atomic mass is 32.1. The lowest BCUT2D eigenvalue weighted by atomic mass is 10.1. The van der Waals surface area contributed by atoms with Crippen molar-refractivity contribution >= 4 is 17.2 Å². The minimum Gasteiger partial charge on any atom is -0.342 e. The number of thiophene rings is 1. The highest BCUT2D eigenvalue weighted by molar-refractivity contribution is 7.09. The maximum atomic E-state index is 12.3. The molecule has 1 aliphatic heterocycles. The van der Waals surface area contributed by atoms with Gasteiger partial charge in [0, 0.05) is 42.2 Å². The van der Waals surface area contributed by atoms with Gasteiger partial charge in [0.25, 0.3) is 0 Å². The third kappa shape index (κ3) is 3.47. The van der Waals surface area contributed by atoms with Gasteiger partial charge in [-0.15, -0.1) is 11.3 Å². The summed E-state index contributed by atoms with van der Waals surface area (Å²) in [4.78, 5) is 24.4. The van der Waals surface area contributed by atoms with Gasteiger partial charge in [-0.3, -0.25) is 4.79 Å². The van der Waals surface area contributed by atoms with Crippen LogP contribution in [-0.2, 0) is 11.2 Å². The van der Waals surface area contributed by atoms with Crippen molar-refractivity contribution in [1.29, 1.82) is 0 Å². The molecule has 0 aromatic carbocycles. The second-order valence-electron chi connectivity index (χ2n) is 5.46. The number of rotatable bonds is 4. The first kappa shape index (κ1) is 14.2. The minimum absolute atomic E-state index is 0.249. The van der Waals surface area contributed by atoms with Crippen LogP contribution in [0.2, 0.25) is 0 Å². The summed E-state index contributed by atoms with van der Waals surface area (Å²) in [5.41, 5.74) is 0.988. The molecular weight excluding hydrogens is 282 g/mol. The molecule has 1 aliphatic rings. The van der Waals surface area contributed by atoms with Gasteiger partial charge in [0.15, 0.2) is 0 Å². The van der Waals surface area contributed by atoms with Gasteiger partial charge in [-0.05, 0) is 37.3 Å². The van der Waals surface area contributed by atoms with Crippen LogP contribution >= 0.6 is 11.3 Å². The summed E-state index contributed by atoms with van der Waals surface area (Å²) in [6.45, 7) is 3.56. The smallest absolute Gasteiger partial charge is 0.222 e. The minimum atomic E-state index is 0.249. The molecule has 1 saturated heterocycles. The van der Waals surface area contributed by atoms with E-state index in [1.165, 1.54) is 4.88 Å². The summed E-state index contributed by atoms with van der Waals surface area (Å²) in [6, 6.07) is 6.03. The molecule has 21 heavy (non-hydrogen) atoms. The topological polar surface area (TPSA) is 46.1 Å². The fourth-order valence-electron chi connectivity index (χ4n) is 2.71. The van der Waals surface area contributed by atoms with Crippen molar-refractivity contribution in [2.45, 2.75) is 32.1 Å². The van der Waals surface area contributed by atoms with Crippen molar-refractivity contribution in [3.63, 3.8) is 0 Å². The number of carbonyl (C=O) groups is 1. The normalized spacial score (nSPS) is 18.1. The number of hydrogen-bond donors (Lipinski definition) is 0. The molecule has 0 bridgehead atoms. The number of hydrogen-bond acceptors (Lipinski definition) is 4. The molecule has 0 spiro atoms. The zero-order valence-corrected chi connectivity index (χ0v) is 13.0. The molecule has 0 aliphatic carbocycles. The monoisotopic (exact) mass is 301 g/mol. The summed E-state index contributed by atoms with van der Waals surface area (Å²) >= 11 is 1.72. The zero-order valence-electron chi connectivity index (χ0n) is 12.2. The highest BCUT2D eigenvalue weighted by Crippen LogP contribution is 2.25. The van der Waals surface area contributed by atoms with Gasteiger partial charge in [0.1, 0.15) is 5.82 Å². The molecule has 3 heterocycles. The highest BCUT2D eigenvalue weighted by Gasteiger charge is 2.28. The molecule has 1 unspecified atom stereocenters. The second-order valence-corrected chi connectivity index (χ2v) is 6.49. The van der Waals surface area contributed by atoms with Gasteiger partial charge in [-0.25, -0.2) is 9.97 Å². The average molecular weight is 301 g/mol. The summed E-state index contributed by atoms with van der Waals surface area (Å²) in [5, 5.41) is 2.06. The number of likely N-dealkylation sites (tertiary alicyclic amines) is 1. The predicted molar refractivity (Wildman–Crippen MR) is 83.3 cm³/mol. The summed E-state index contributed by atoms with van der Waals surface area (Å²) < 4.78 is 0. The first-order chi connectivity index (χ1) is 10.2. The van der Waals surface area contributed by atoms with Crippen molar-refractivity contribution in [2.75, 3.05) is 13.1 Å². The molecule has 4 nitrogen and oxygen atoms in total. The predicted octanol–water partition coefficient (Wildman–Crippen LogP) is 2.80. The second kappa shape index (κ2) is 6.35. The van der Waals surface area contributed by atoms with Crippen LogP contribution in [0.25, 0.3) is 0 Å². The molecular formula is C16H19N3OS. The average Bonchev–Trinajstić information content (AvgIpc) is 3.16. The van der Waals surface area contributed by atoms with E-state index in [0.717, 1.165) is 37.4 Å². The molecule has 5 heteroatoms. The standard InChI is InChI=1S/C16H19N3OS/c1-12-6-8-17-16(18-12)13-7-9-19(11-13)15(20)5-4-14-3-2-10-21-14/h2-3,6,8,10,13H,4-5,7,9,11H2,1H3. The van der Waals surface area contributed by atoms with E-state index < -0.39 is 0 Å². The Morgan fingerprint density at radius 2 is 2.38 bits per heavy atom. The Hall–Kier alpha value is -1.75. The lowest BCUT2D eigenvalue weighted by Gasteiger charge is -2.16. The van der Waals surface area contributed by atoms with E-state index in [0.29, 0.717) is 6.42 Å². The van der Waals surface area contributed by atoms with Crippen LogP contribution in [0.3, 0.4) is 0 Å². The van der Waals surface area contributed by atoms with Crippen LogP contribution in [0.1, 0.15) is 35.2 Å². The molecule has 1 fully saturated rings. The maximum absolute atomic E-state index is 12.3. The fraction of sp³-hybridized carbons (Fsp3) is 0.438. The lowest BCUT2D eigenvalue weighted by Crippen LogP contribution is -2.28. The van der Waals surface area contributed by atoms with Crippen LogP contribution in [0.4, 0.5) is 0 Å². The van der Waals surface area contributed by atoms with Gasteiger partial charge >= 0.3 is 0 Å². The van der Waals surface area contributed by atoms with E-state index >= 15 is 0 Å². The van der Waals surface area contributed by atoms with Crippen LogP contribution in [0.15, 0.2) is 29.8 Å². The van der Waals surface area contributed by atoms with Crippen LogP contribution in [0.5, 0.6) is 0 Å². The zero-order chi connectivity index (χ0) is 14.7. The van der Waals surface area contributed by atoms with E-state index in [-0.39, 0.29) is 11.8 Å². The van der Waals surface area contributed by atoms with Gasteiger partial charge in [-0.2, -0.15) is 0 Å². The third-order valence-electron chi connectivity index (χ3n) is 3.88. The Bertz CT molecular complexity index is 612. The molecule has 3 rings (SSSR count). The molecule has 1 atom stereocenters. The number of aromatic nitrogens is 2. The van der Waals surface area contributed by atoms with Gasteiger partial charge in [-0.1, -0.05) is 6.07 Å². The first-order valence-electron chi connectivity index (χ1n) is 7.32. The van der Waals surface area contributed by atoms with E-state index in [1.807, 2.05) is 24.0 Å². The van der Waals surface area contributed by atoms with Crippen molar-refractivity contribution in [2.24, 2.45) is 0 Å². The Kier molecular flexibility index (Phi) is 4.29. The molecule has 0 saturated carbocycles. The van der Waals surface area contributed by atoms with Crippen molar-refractivity contribution in [3.8, 4) is 0 Å². The molecule has 0 radical (unpaired) electrons. The van der Waals surface area contributed by atoms with E-state index in [9.17, 15) is 4.79 Å². The molecule has 0 N–H and O–H groups in total. The van der Waals surface area contributed by atoms with Gasteiger partial charge in [0.2, 0.25) is 5.91 Å². The largest absolute Gasteiger partial charge is 0.342 e. The lowest BCUT2D eigenvalue weighted by molar-refractivity contribution is -0.130. The van der Waals surface area contributed by atoms with E-state index in [4.69, 9.17) is 0 Å². The Balaban J connectivity index is 1.55. The number of carbonyl (C=O) groups excluding carboxylic acids is 1. The van der Waals surface area contributed by atoms with E-state index in [1.54, 1.807) is 17.5 Å². The molecule has 2 aromatic rings. The van der Waals surface area contributed by atoms with Crippen LogP contribution in [0, 0.1) is 6.92 Å². The number of amides is 1. The maximum Gasteiger partial charge on any atom is 0.222 e. The molecule has 2 aromatic heterocycles. The molecule has 110 valence electrons. The Morgan fingerprint density at radius 1 is 1.48 bits per heavy atom. The summed E-state index contributed by atoms with van der Waals surface area (Å²) in [5.74, 6) is 1.41. The van der Waals surface area contributed by atoms with Crippen LogP contribution in [-0.4, -0.2) is 33.9 Å². The SMILES string of the molecule is Cc1ccnc(C2CCN(C(=O)CCc3cccs3)C2)n1. The van der Waals surface area contributed by atoms with Crippen LogP contribution < -0.4 is 0 Å². The number of nitrogens with zero attached hydrogens (tertiary/aromatic N) is 3. The summed E-state index contributed by atoms with van der Waals surface area (Å²) in [7, 11) is 0. The number of aryl methyl sites for hydroxylation is 2. The van der Waals surface area contributed by atoms with Gasteiger partial charge < -0.3 is 4.90 Å². The third-order valence-corrected chi connectivity index (χ3v) is 4.82. The Labute approximate surface area is 128 Å². The van der Waals surface area contributed by atoms with Crippen molar-refractivity contribution in [3.05, 3.63) is 46.2 Å². The van der Waals surface area contributed by atoms with Crippen molar-refractivity contribution in [1.82, 2.24) is 14.9 Å². The fourth-order valence-corrected chi connectivity index (χ4v) is 3.41. The quantitative estimate of drug-likeness (QED) is 0.872. The molecule has 1 amide bonds. The summed E-state index contributed by atoms with van der Waals surface area (Å²) in [6.07, 6.45) is 4.22. The van der Waals surface area contributed by atoms with Gasteiger partial charge in [0.05, 0.1) is 0 Å². The Morgan fingerprint density at radius 3 is 3.14 bits per heavy atom. The van der Waals surface area contributed by atoms with E-state index in [2.05, 4.69) is 21.4 Å². The first-order valence-corrected chi connectivity index (χ1v) is 8.20.